The van der Waals surface area contributed by atoms with Crippen molar-refractivity contribution in [1.82, 2.24) is 0 Å². The van der Waals surface area contributed by atoms with E-state index in [1.54, 1.807) is 7.11 Å². The van der Waals surface area contributed by atoms with Gasteiger partial charge in [-0.05, 0) is 19.4 Å². The molecule has 0 atom stereocenters. The second-order valence-electron chi connectivity index (χ2n) is 4.21. The highest BCUT2D eigenvalue weighted by Crippen LogP contribution is 2.18. The molecule has 0 amide bonds. The van der Waals surface area contributed by atoms with Gasteiger partial charge in [-0.3, -0.25) is 0 Å². The van der Waals surface area contributed by atoms with Gasteiger partial charge in [0.15, 0.2) is 0 Å². The van der Waals surface area contributed by atoms with E-state index in [9.17, 15) is 0 Å². The third kappa shape index (κ3) is 7.48. The Hall–Kier alpha value is -0.840. The van der Waals surface area contributed by atoms with Gasteiger partial charge in [-0.1, -0.05) is 11.6 Å². The van der Waals surface area contributed by atoms with Crippen molar-refractivity contribution >= 4 is 0 Å². The first-order valence-corrected chi connectivity index (χ1v) is 6.46. The van der Waals surface area contributed by atoms with Crippen molar-refractivity contribution in [2.24, 2.45) is 0 Å². The maximum absolute atomic E-state index is 5.61. The number of allylic oxidation sites excluding steroid dienone is 4. The first kappa shape index (κ1) is 15.2. The SMILES string of the molecule is COCCOCCOCCOC1=CC=C(C)CC1. The van der Waals surface area contributed by atoms with Gasteiger partial charge < -0.3 is 18.9 Å². The van der Waals surface area contributed by atoms with E-state index in [1.807, 2.05) is 6.08 Å². The number of methoxy groups -OCH3 is 1. The summed E-state index contributed by atoms with van der Waals surface area (Å²) in [6.45, 7) is 5.81. The summed E-state index contributed by atoms with van der Waals surface area (Å²) in [6, 6.07) is 0. The fourth-order valence-electron chi connectivity index (χ4n) is 1.54. The molecule has 104 valence electrons. The molecule has 0 heterocycles. The molecule has 0 N–H and O–H groups in total. The highest BCUT2D eigenvalue weighted by molar-refractivity contribution is 5.19. The molecule has 0 aliphatic heterocycles. The molecule has 0 aromatic rings. The topological polar surface area (TPSA) is 36.9 Å². The molecule has 4 heteroatoms. The van der Waals surface area contributed by atoms with Crippen molar-refractivity contribution in [1.29, 1.82) is 0 Å². The monoisotopic (exact) mass is 256 g/mol. The predicted molar refractivity (Wildman–Crippen MR) is 70.5 cm³/mol. The average Bonchev–Trinajstić information content (AvgIpc) is 2.39. The van der Waals surface area contributed by atoms with Crippen LogP contribution in [0.3, 0.4) is 0 Å². The Kier molecular flexibility index (Phi) is 8.55. The van der Waals surface area contributed by atoms with Gasteiger partial charge in [0.1, 0.15) is 6.61 Å². The Labute approximate surface area is 110 Å². The molecule has 0 spiro atoms. The molecule has 1 aliphatic carbocycles. The first-order chi connectivity index (χ1) is 8.83. The van der Waals surface area contributed by atoms with Crippen LogP contribution in [0.15, 0.2) is 23.5 Å². The maximum Gasteiger partial charge on any atom is 0.111 e. The van der Waals surface area contributed by atoms with E-state index in [-0.39, 0.29) is 0 Å². The van der Waals surface area contributed by atoms with Crippen LogP contribution in [-0.4, -0.2) is 46.8 Å². The Morgan fingerprint density at radius 2 is 1.56 bits per heavy atom. The molecular formula is C14H24O4. The number of ether oxygens (including phenoxy) is 4. The van der Waals surface area contributed by atoms with E-state index in [2.05, 4.69) is 13.0 Å². The molecular weight excluding hydrogens is 232 g/mol. The van der Waals surface area contributed by atoms with Crippen LogP contribution in [0, 0.1) is 0 Å². The molecule has 4 nitrogen and oxygen atoms in total. The molecule has 0 aromatic carbocycles. The van der Waals surface area contributed by atoms with Crippen molar-refractivity contribution in [2.75, 3.05) is 46.8 Å². The molecule has 0 unspecified atom stereocenters. The minimum atomic E-state index is 0.602. The summed E-state index contributed by atoms with van der Waals surface area (Å²) < 4.78 is 21.1. The second-order valence-corrected chi connectivity index (χ2v) is 4.21. The summed E-state index contributed by atoms with van der Waals surface area (Å²) in [4.78, 5) is 0. The Morgan fingerprint density at radius 3 is 2.17 bits per heavy atom. The molecule has 0 bridgehead atoms. The second kappa shape index (κ2) is 10.1. The van der Waals surface area contributed by atoms with E-state index < -0.39 is 0 Å². The van der Waals surface area contributed by atoms with Gasteiger partial charge >= 0.3 is 0 Å². The number of rotatable bonds is 10. The van der Waals surface area contributed by atoms with Crippen LogP contribution in [0.4, 0.5) is 0 Å². The zero-order valence-electron chi connectivity index (χ0n) is 11.4. The van der Waals surface area contributed by atoms with Crippen molar-refractivity contribution in [2.45, 2.75) is 19.8 Å². The fourth-order valence-corrected chi connectivity index (χ4v) is 1.54. The Bertz CT molecular complexity index is 271. The lowest BCUT2D eigenvalue weighted by atomic mass is 10.1. The van der Waals surface area contributed by atoms with Crippen LogP contribution in [0.5, 0.6) is 0 Å². The predicted octanol–water partition coefficient (Wildman–Crippen LogP) is 2.31. The standard InChI is InChI=1S/C14H24O4/c1-13-3-5-14(6-4-13)18-12-11-17-10-9-16-8-7-15-2/h3,5H,4,6-12H2,1-2H3. The van der Waals surface area contributed by atoms with Gasteiger partial charge in [0, 0.05) is 13.5 Å². The quantitative estimate of drug-likeness (QED) is 0.562. The van der Waals surface area contributed by atoms with E-state index in [1.165, 1.54) is 5.57 Å². The lowest BCUT2D eigenvalue weighted by Gasteiger charge is -2.13. The van der Waals surface area contributed by atoms with E-state index in [0.717, 1.165) is 18.6 Å². The van der Waals surface area contributed by atoms with Gasteiger partial charge in [-0.25, -0.2) is 0 Å². The van der Waals surface area contributed by atoms with Gasteiger partial charge in [0.2, 0.25) is 0 Å². The third-order valence-corrected chi connectivity index (χ3v) is 2.64. The van der Waals surface area contributed by atoms with Crippen LogP contribution < -0.4 is 0 Å². The molecule has 0 saturated carbocycles. The van der Waals surface area contributed by atoms with Crippen LogP contribution in [-0.2, 0) is 18.9 Å². The normalized spacial score (nSPS) is 15.2. The van der Waals surface area contributed by atoms with E-state index in [0.29, 0.717) is 39.6 Å². The fraction of sp³-hybridized carbons (Fsp3) is 0.714. The molecule has 0 fully saturated rings. The maximum atomic E-state index is 5.61. The smallest absolute Gasteiger partial charge is 0.111 e. The van der Waals surface area contributed by atoms with Gasteiger partial charge in [-0.15, -0.1) is 0 Å². The highest BCUT2D eigenvalue weighted by atomic mass is 16.6. The lowest BCUT2D eigenvalue weighted by molar-refractivity contribution is 0.0115. The summed E-state index contributed by atoms with van der Waals surface area (Å²) in [5.74, 6) is 1.06. The van der Waals surface area contributed by atoms with Crippen LogP contribution >= 0.6 is 0 Å². The highest BCUT2D eigenvalue weighted by Gasteiger charge is 2.03. The zero-order chi connectivity index (χ0) is 13.1. The summed E-state index contributed by atoms with van der Waals surface area (Å²) in [7, 11) is 1.66. The van der Waals surface area contributed by atoms with Crippen molar-refractivity contribution in [3.63, 3.8) is 0 Å². The minimum absolute atomic E-state index is 0.602. The molecule has 0 aromatic heterocycles. The number of hydrogen-bond donors (Lipinski definition) is 0. The van der Waals surface area contributed by atoms with E-state index >= 15 is 0 Å². The van der Waals surface area contributed by atoms with Crippen LogP contribution in [0.25, 0.3) is 0 Å². The first-order valence-electron chi connectivity index (χ1n) is 6.46. The van der Waals surface area contributed by atoms with Gasteiger partial charge in [0.25, 0.3) is 0 Å². The van der Waals surface area contributed by atoms with E-state index in [4.69, 9.17) is 18.9 Å². The van der Waals surface area contributed by atoms with Crippen molar-refractivity contribution in [3.05, 3.63) is 23.5 Å². The molecule has 0 saturated heterocycles. The van der Waals surface area contributed by atoms with Crippen LogP contribution in [0.2, 0.25) is 0 Å². The lowest BCUT2D eigenvalue weighted by Crippen LogP contribution is -2.11. The van der Waals surface area contributed by atoms with Crippen LogP contribution in [0.1, 0.15) is 19.8 Å². The molecule has 1 rings (SSSR count). The summed E-state index contributed by atoms with van der Waals surface area (Å²) >= 11 is 0. The minimum Gasteiger partial charge on any atom is -0.496 e. The molecule has 0 radical (unpaired) electrons. The Morgan fingerprint density at radius 1 is 0.889 bits per heavy atom. The largest absolute Gasteiger partial charge is 0.496 e. The summed E-state index contributed by atoms with van der Waals surface area (Å²) in [5, 5.41) is 0. The third-order valence-electron chi connectivity index (χ3n) is 2.64. The average molecular weight is 256 g/mol. The Balaban J connectivity index is 1.87. The van der Waals surface area contributed by atoms with Gasteiger partial charge in [-0.2, -0.15) is 0 Å². The molecule has 18 heavy (non-hydrogen) atoms. The molecule has 1 aliphatic rings. The number of hydrogen-bond acceptors (Lipinski definition) is 4. The zero-order valence-corrected chi connectivity index (χ0v) is 11.4. The van der Waals surface area contributed by atoms with Crippen molar-refractivity contribution < 1.29 is 18.9 Å². The summed E-state index contributed by atoms with van der Waals surface area (Å²) in [6.07, 6.45) is 6.26. The summed E-state index contributed by atoms with van der Waals surface area (Å²) in [5.41, 5.74) is 1.41. The van der Waals surface area contributed by atoms with Crippen molar-refractivity contribution in [3.8, 4) is 0 Å². The van der Waals surface area contributed by atoms with Gasteiger partial charge in [0.05, 0.1) is 38.8 Å².